The topological polar surface area (TPSA) is 92.4 Å². The molecule has 19 heavy (non-hydrogen) atoms. The number of amides is 1. The Bertz CT molecular complexity index is 489. The van der Waals surface area contributed by atoms with Crippen molar-refractivity contribution in [3.05, 3.63) is 28.2 Å². The predicted molar refractivity (Wildman–Crippen MR) is 76.9 cm³/mol. The van der Waals surface area contributed by atoms with Crippen molar-refractivity contribution < 1.29 is 14.7 Å². The third kappa shape index (κ3) is 4.24. The average molecular weight is 329 g/mol. The molecule has 0 bridgehead atoms. The van der Waals surface area contributed by atoms with Crippen LogP contribution in [0.2, 0.25) is 0 Å². The average Bonchev–Trinajstić information content (AvgIpc) is 2.21. The van der Waals surface area contributed by atoms with E-state index in [0.29, 0.717) is 15.7 Å². The van der Waals surface area contributed by atoms with Gasteiger partial charge in [-0.1, -0.05) is 36.7 Å². The van der Waals surface area contributed by atoms with Gasteiger partial charge in [0.2, 0.25) is 0 Å². The van der Waals surface area contributed by atoms with Crippen LogP contribution in [0.1, 0.15) is 31.1 Å². The molecule has 0 heterocycles. The van der Waals surface area contributed by atoms with Crippen molar-refractivity contribution in [1.29, 1.82) is 0 Å². The van der Waals surface area contributed by atoms with Crippen LogP contribution in [0.3, 0.4) is 0 Å². The first-order valence-corrected chi connectivity index (χ1v) is 6.50. The van der Waals surface area contributed by atoms with Gasteiger partial charge >= 0.3 is 5.97 Å². The highest BCUT2D eigenvalue weighted by atomic mass is 79.9. The number of benzene rings is 1. The number of carboxylic acid groups (broad SMARTS) is 1. The molecule has 0 spiro atoms. The van der Waals surface area contributed by atoms with E-state index >= 15 is 0 Å². The summed E-state index contributed by atoms with van der Waals surface area (Å²) in [5.41, 5.74) is 5.82. The van der Waals surface area contributed by atoms with Crippen LogP contribution in [0, 0.1) is 5.41 Å². The lowest BCUT2D eigenvalue weighted by Gasteiger charge is -2.27. The minimum Gasteiger partial charge on any atom is -0.480 e. The third-order valence-electron chi connectivity index (χ3n) is 2.57. The van der Waals surface area contributed by atoms with Crippen molar-refractivity contribution in [2.24, 2.45) is 5.41 Å². The molecule has 0 saturated heterocycles. The van der Waals surface area contributed by atoms with Crippen molar-refractivity contribution in [2.45, 2.75) is 26.8 Å². The van der Waals surface area contributed by atoms with Crippen LogP contribution in [0.4, 0.5) is 5.69 Å². The number of rotatable bonds is 3. The number of halogens is 1. The minimum atomic E-state index is -1.07. The Hall–Kier alpha value is -1.56. The summed E-state index contributed by atoms with van der Waals surface area (Å²) in [4.78, 5) is 23.3. The molecule has 0 aliphatic carbocycles. The molecule has 0 radical (unpaired) electrons. The molecule has 1 aromatic rings. The van der Waals surface area contributed by atoms with Crippen molar-refractivity contribution in [3.63, 3.8) is 0 Å². The summed E-state index contributed by atoms with van der Waals surface area (Å²) in [5, 5.41) is 11.7. The van der Waals surface area contributed by atoms with Gasteiger partial charge in [-0.05, 0) is 23.6 Å². The molecule has 1 amide bonds. The van der Waals surface area contributed by atoms with E-state index in [0.717, 1.165) is 0 Å². The Morgan fingerprint density at radius 1 is 1.32 bits per heavy atom. The maximum atomic E-state index is 12.1. The molecule has 5 nitrogen and oxygen atoms in total. The van der Waals surface area contributed by atoms with Gasteiger partial charge in [0.15, 0.2) is 0 Å². The van der Waals surface area contributed by atoms with Gasteiger partial charge in [-0.15, -0.1) is 0 Å². The van der Waals surface area contributed by atoms with Crippen LogP contribution in [0.5, 0.6) is 0 Å². The van der Waals surface area contributed by atoms with E-state index in [2.05, 4.69) is 21.2 Å². The molecule has 0 saturated carbocycles. The van der Waals surface area contributed by atoms with Crippen molar-refractivity contribution >= 4 is 33.5 Å². The lowest BCUT2D eigenvalue weighted by Crippen LogP contribution is -2.49. The Balaban J connectivity index is 2.97. The molecular weight excluding hydrogens is 312 g/mol. The predicted octanol–water partition coefficient (Wildman–Crippen LogP) is 2.26. The summed E-state index contributed by atoms with van der Waals surface area (Å²) in [6, 6.07) is 3.78. The van der Waals surface area contributed by atoms with Gasteiger partial charge in [0.1, 0.15) is 6.04 Å². The summed E-state index contributed by atoms with van der Waals surface area (Å²) in [6.07, 6.45) is 0. The lowest BCUT2D eigenvalue weighted by molar-refractivity contribution is -0.142. The Labute approximate surface area is 120 Å². The molecule has 0 fully saturated rings. The number of carboxylic acids is 1. The zero-order chi connectivity index (χ0) is 14.8. The molecule has 0 aromatic heterocycles. The SMILES string of the molecule is CC(C)(C)[C@H](NC(=O)c1cc(N)cc(Br)c1)C(=O)O. The molecule has 6 heteroatoms. The first kappa shape index (κ1) is 15.5. The summed E-state index contributed by atoms with van der Waals surface area (Å²) in [6.45, 7) is 5.25. The molecule has 1 atom stereocenters. The maximum Gasteiger partial charge on any atom is 0.326 e. The number of carbonyl (C=O) groups is 2. The Morgan fingerprint density at radius 2 is 1.89 bits per heavy atom. The normalized spacial score (nSPS) is 12.8. The first-order valence-electron chi connectivity index (χ1n) is 5.71. The molecular formula is C13H17BrN2O3. The molecule has 4 N–H and O–H groups in total. The second kappa shape index (κ2) is 5.61. The summed E-state index contributed by atoms with van der Waals surface area (Å²) >= 11 is 3.24. The van der Waals surface area contributed by atoms with Gasteiger partial charge in [0, 0.05) is 15.7 Å². The smallest absolute Gasteiger partial charge is 0.326 e. The largest absolute Gasteiger partial charge is 0.480 e. The van der Waals surface area contributed by atoms with Crippen LogP contribution in [-0.4, -0.2) is 23.0 Å². The highest BCUT2D eigenvalue weighted by Gasteiger charge is 2.32. The highest BCUT2D eigenvalue weighted by molar-refractivity contribution is 9.10. The zero-order valence-electron chi connectivity index (χ0n) is 11.0. The van der Waals surface area contributed by atoms with Gasteiger partial charge in [-0.25, -0.2) is 4.79 Å². The molecule has 0 aliphatic rings. The van der Waals surface area contributed by atoms with Gasteiger partial charge in [0.05, 0.1) is 0 Å². The second-order valence-corrected chi connectivity index (χ2v) is 6.30. The van der Waals surface area contributed by atoms with Crippen LogP contribution in [0.15, 0.2) is 22.7 Å². The van der Waals surface area contributed by atoms with Crippen LogP contribution in [-0.2, 0) is 4.79 Å². The maximum absolute atomic E-state index is 12.1. The van der Waals surface area contributed by atoms with E-state index < -0.39 is 23.3 Å². The van der Waals surface area contributed by atoms with E-state index in [1.165, 1.54) is 6.07 Å². The van der Waals surface area contributed by atoms with Crippen molar-refractivity contribution in [1.82, 2.24) is 5.32 Å². The van der Waals surface area contributed by atoms with E-state index in [4.69, 9.17) is 10.8 Å². The lowest BCUT2D eigenvalue weighted by atomic mass is 9.86. The number of nitrogens with two attached hydrogens (primary N) is 1. The molecule has 1 rings (SSSR count). The van der Waals surface area contributed by atoms with Gasteiger partial charge in [-0.2, -0.15) is 0 Å². The minimum absolute atomic E-state index is 0.322. The van der Waals surface area contributed by atoms with Crippen molar-refractivity contribution in [2.75, 3.05) is 5.73 Å². The summed E-state index contributed by atoms with van der Waals surface area (Å²) < 4.78 is 0.667. The monoisotopic (exact) mass is 328 g/mol. The highest BCUT2D eigenvalue weighted by Crippen LogP contribution is 2.21. The van der Waals surface area contributed by atoms with E-state index in [9.17, 15) is 9.59 Å². The standard InChI is InChI=1S/C13H17BrN2O3/c1-13(2,3)10(12(18)19)16-11(17)7-4-8(14)6-9(15)5-7/h4-6,10H,15H2,1-3H3,(H,16,17)(H,18,19)/t10-/m1/s1. The van der Waals surface area contributed by atoms with E-state index in [1.54, 1.807) is 32.9 Å². The number of hydrogen-bond donors (Lipinski definition) is 3. The van der Waals surface area contributed by atoms with Crippen LogP contribution in [0.25, 0.3) is 0 Å². The number of anilines is 1. The fourth-order valence-electron chi connectivity index (χ4n) is 1.61. The zero-order valence-corrected chi connectivity index (χ0v) is 12.6. The second-order valence-electron chi connectivity index (χ2n) is 5.38. The molecule has 0 unspecified atom stereocenters. The van der Waals surface area contributed by atoms with Gasteiger partial charge in [0.25, 0.3) is 5.91 Å². The van der Waals surface area contributed by atoms with Gasteiger partial charge < -0.3 is 16.2 Å². The number of carbonyl (C=O) groups excluding carboxylic acids is 1. The number of nitrogens with one attached hydrogen (secondary N) is 1. The quantitative estimate of drug-likeness (QED) is 0.742. The first-order chi connectivity index (χ1) is 8.61. The van der Waals surface area contributed by atoms with E-state index in [-0.39, 0.29) is 0 Å². The Kier molecular flexibility index (Phi) is 4.57. The summed E-state index contributed by atoms with van der Waals surface area (Å²) in [5.74, 6) is -1.53. The van der Waals surface area contributed by atoms with Crippen LogP contribution < -0.4 is 11.1 Å². The fourth-order valence-corrected chi connectivity index (χ4v) is 2.12. The van der Waals surface area contributed by atoms with E-state index in [1.807, 2.05) is 0 Å². The Morgan fingerprint density at radius 3 is 2.32 bits per heavy atom. The molecule has 1 aromatic carbocycles. The number of hydrogen-bond acceptors (Lipinski definition) is 3. The third-order valence-corrected chi connectivity index (χ3v) is 3.03. The number of nitrogen functional groups attached to an aromatic ring is 1. The van der Waals surface area contributed by atoms with Crippen molar-refractivity contribution in [3.8, 4) is 0 Å². The molecule has 104 valence electrons. The summed E-state index contributed by atoms with van der Waals surface area (Å²) in [7, 11) is 0. The van der Waals surface area contributed by atoms with Gasteiger partial charge in [-0.3, -0.25) is 4.79 Å². The van der Waals surface area contributed by atoms with Crippen LogP contribution >= 0.6 is 15.9 Å². The fraction of sp³-hybridized carbons (Fsp3) is 0.385. The molecule has 0 aliphatic heterocycles. The number of aliphatic carboxylic acids is 1.